The molecule has 0 aliphatic heterocycles. The van der Waals surface area contributed by atoms with Gasteiger partial charge in [0.2, 0.25) is 0 Å². The summed E-state index contributed by atoms with van der Waals surface area (Å²) in [5.74, 6) is 0. The molecule has 0 aromatic carbocycles. The first-order valence-electron chi connectivity index (χ1n) is 2.59. The minimum Gasteiger partial charge on any atom is -0.440 e. The van der Waals surface area contributed by atoms with Crippen LogP contribution in [-0.2, 0) is 4.74 Å². The Bertz CT molecular complexity index is 72.8. The van der Waals surface area contributed by atoms with E-state index in [4.69, 9.17) is 0 Å². The maximum atomic E-state index is 11.2. The molecule has 0 amide bonds. The Morgan fingerprint density at radius 3 is 2.75 bits per heavy atom. The Labute approximate surface area is 47.6 Å². The third-order valence-electron chi connectivity index (χ3n) is 0.713. The highest BCUT2D eigenvalue weighted by molar-refractivity contribution is 5.57. The maximum absolute atomic E-state index is 11.2. The van der Waals surface area contributed by atoms with Crippen molar-refractivity contribution in [3.05, 3.63) is 0 Å². The van der Waals surface area contributed by atoms with Gasteiger partial charge in [-0.3, -0.25) is 0 Å². The Morgan fingerprint density at radius 1 is 1.75 bits per heavy atom. The van der Waals surface area contributed by atoms with E-state index in [1.807, 2.05) is 6.92 Å². The van der Waals surface area contributed by atoms with Gasteiger partial charge in [0, 0.05) is 0 Å². The molecule has 3 heteroatoms. The second kappa shape index (κ2) is 4.56. The number of carbonyl (C=O) groups is 1. The van der Waals surface area contributed by atoms with Crippen LogP contribution in [0.1, 0.15) is 19.8 Å². The lowest BCUT2D eigenvalue weighted by atomic mass is 10.4. The number of hydrogen-bond donors (Lipinski definition) is 0. The smallest absolute Gasteiger partial charge is 0.440 e. The molecular formula is C5H9FO2. The fourth-order valence-electron chi connectivity index (χ4n) is 0.297. The molecule has 0 saturated heterocycles. The van der Waals surface area contributed by atoms with E-state index in [1.165, 1.54) is 0 Å². The quantitative estimate of drug-likeness (QED) is 0.420. The van der Waals surface area contributed by atoms with Crippen molar-refractivity contribution in [3.8, 4) is 0 Å². The number of carbonyl (C=O) groups excluding carboxylic acids is 1. The molecule has 0 saturated carbocycles. The van der Waals surface area contributed by atoms with Gasteiger partial charge in [-0.05, 0) is 6.42 Å². The lowest BCUT2D eigenvalue weighted by Gasteiger charge is -1.93. The summed E-state index contributed by atoms with van der Waals surface area (Å²) in [6.07, 6.45) is -0.0402. The van der Waals surface area contributed by atoms with Gasteiger partial charge in [-0.1, -0.05) is 13.3 Å². The van der Waals surface area contributed by atoms with Crippen LogP contribution in [0.3, 0.4) is 0 Å². The van der Waals surface area contributed by atoms with Gasteiger partial charge >= 0.3 is 6.22 Å². The van der Waals surface area contributed by atoms with Crippen LogP contribution in [0.5, 0.6) is 0 Å². The van der Waals surface area contributed by atoms with E-state index in [1.54, 1.807) is 0 Å². The normalized spacial score (nSPS) is 8.75. The number of halogens is 1. The zero-order valence-electron chi connectivity index (χ0n) is 4.82. The van der Waals surface area contributed by atoms with Crippen LogP contribution in [0.15, 0.2) is 0 Å². The van der Waals surface area contributed by atoms with Gasteiger partial charge in [0.25, 0.3) is 0 Å². The molecule has 0 aromatic heterocycles. The highest BCUT2D eigenvalue weighted by Gasteiger charge is 1.93. The molecule has 8 heavy (non-hydrogen) atoms. The largest absolute Gasteiger partial charge is 0.495 e. The van der Waals surface area contributed by atoms with Gasteiger partial charge in [-0.25, -0.2) is 4.79 Å². The molecule has 0 spiro atoms. The number of unbranched alkanes of at least 4 members (excludes halogenated alkanes) is 1. The summed E-state index contributed by atoms with van der Waals surface area (Å²) in [6.45, 7) is 2.14. The Morgan fingerprint density at radius 2 is 2.38 bits per heavy atom. The van der Waals surface area contributed by atoms with E-state index in [0.29, 0.717) is 0 Å². The number of rotatable bonds is 3. The van der Waals surface area contributed by atoms with Crippen molar-refractivity contribution in [3.63, 3.8) is 0 Å². The Balaban J connectivity index is 2.82. The topological polar surface area (TPSA) is 26.3 Å². The maximum Gasteiger partial charge on any atom is 0.495 e. The van der Waals surface area contributed by atoms with Crippen molar-refractivity contribution in [1.29, 1.82) is 0 Å². The molecule has 0 unspecified atom stereocenters. The Kier molecular flexibility index (Phi) is 4.21. The molecule has 0 atom stereocenters. The van der Waals surface area contributed by atoms with E-state index >= 15 is 0 Å². The van der Waals surface area contributed by atoms with Crippen LogP contribution >= 0.6 is 0 Å². The first-order valence-corrected chi connectivity index (χ1v) is 2.59. The predicted octanol–water partition coefficient (Wildman–Crippen LogP) is 1.89. The molecular weight excluding hydrogens is 111 g/mol. The third kappa shape index (κ3) is 5.40. The molecule has 0 fully saturated rings. The summed E-state index contributed by atoms with van der Waals surface area (Å²) in [5, 5.41) is 0. The standard InChI is InChI=1S/C5H9FO2/c1-2-3-4-8-5(6)7/h2-4H2,1H3. The fourth-order valence-corrected chi connectivity index (χ4v) is 0.297. The van der Waals surface area contributed by atoms with Crippen LogP contribution in [0, 0.1) is 0 Å². The van der Waals surface area contributed by atoms with E-state index in [2.05, 4.69) is 4.74 Å². The molecule has 48 valence electrons. The van der Waals surface area contributed by atoms with Gasteiger partial charge in [-0.15, -0.1) is 4.39 Å². The minimum absolute atomic E-state index is 0.200. The van der Waals surface area contributed by atoms with Crippen molar-refractivity contribution in [2.45, 2.75) is 19.8 Å². The molecule has 2 nitrogen and oxygen atoms in total. The van der Waals surface area contributed by atoms with Gasteiger partial charge in [0.05, 0.1) is 6.61 Å². The predicted molar refractivity (Wildman–Crippen MR) is 27.4 cm³/mol. The van der Waals surface area contributed by atoms with Gasteiger partial charge < -0.3 is 4.74 Å². The van der Waals surface area contributed by atoms with E-state index in [9.17, 15) is 9.18 Å². The van der Waals surface area contributed by atoms with Crippen LogP contribution in [0.4, 0.5) is 9.18 Å². The number of hydrogen-bond acceptors (Lipinski definition) is 2. The van der Waals surface area contributed by atoms with Crippen LogP contribution in [0.25, 0.3) is 0 Å². The van der Waals surface area contributed by atoms with Gasteiger partial charge in [0.1, 0.15) is 0 Å². The lowest BCUT2D eigenvalue weighted by molar-refractivity contribution is 0.119. The van der Waals surface area contributed by atoms with Crippen molar-refractivity contribution in [2.75, 3.05) is 6.61 Å². The third-order valence-corrected chi connectivity index (χ3v) is 0.713. The number of ether oxygens (including phenoxy) is 1. The SMILES string of the molecule is CCCCOC(=O)F. The van der Waals surface area contributed by atoms with Crippen LogP contribution < -0.4 is 0 Å². The van der Waals surface area contributed by atoms with Crippen LogP contribution in [0.2, 0.25) is 0 Å². The first kappa shape index (κ1) is 7.40. The summed E-state index contributed by atoms with van der Waals surface area (Å²) in [4.78, 5) is 9.43. The molecule has 0 heterocycles. The van der Waals surface area contributed by atoms with Crippen molar-refractivity contribution in [2.24, 2.45) is 0 Å². The molecule has 0 bridgehead atoms. The summed E-state index contributed by atoms with van der Waals surface area (Å²) >= 11 is 0. The highest BCUT2D eigenvalue weighted by Crippen LogP contribution is 1.89. The molecule has 0 rings (SSSR count). The highest BCUT2D eigenvalue weighted by atomic mass is 19.1. The molecule has 0 aliphatic rings. The molecule has 0 aliphatic carbocycles. The molecule has 0 radical (unpaired) electrons. The summed E-state index contributed by atoms with van der Waals surface area (Å²) in [6, 6.07) is 0. The first-order chi connectivity index (χ1) is 3.77. The van der Waals surface area contributed by atoms with E-state index in [0.717, 1.165) is 12.8 Å². The summed E-state index contributed by atoms with van der Waals surface area (Å²) < 4.78 is 15.1. The van der Waals surface area contributed by atoms with Crippen molar-refractivity contribution >= 4 is 6.22 Å². The second-order valence-corrected chi connectivity index (χ2v) is 1.44. The van der Waals surface area contributed by atoms with Gasteiger partial charge in [0.15, 0.2) is 0 Å². The fraction of sp³-hybridized carbons (Fsp3) is 0.800. The van der Waals surface area contributed by atoms with Crippen molar-refractivity contribution < 1.29 is 13.9 Å². The lowest BCUT2D eigenvalue weighted by Crippen LogP contribution is -1.95. The Hall–Kier alpha value is -0.600. The van der Waals surface area contributed by atoms with E-state index in [-0.39, 0.29) is 6.61 Å². The molecule has 0 aromatic rings. The van der Waals surface area contributed by atoms with Gasteiger partial charge in [-0.2, -0.15) is 0 Å². The minimum atomic E-state index is -1.68. The average Bonchev–Trinajstić information content (AvgIpc) is 1.66. The monoisotopic (exact) mass is 120 g/mol. The van der Waals surface area contributed by atoms with Crippen LogP contribution in [-0.4, -0.2) is 12.8 Å². The summed E-state index contributed by atoms with van der Waals surface area (Å²) in [5.41, 5.74) is 0. The zero-order valence-corrected chi connectivity index (χ0v) is 4.82. The second-order valence-electron chi connectivity index (χ2n) is 1.44. The zero-order chi connectivity index (χ0) is 6.41. The summed E-state index contributed by atoms with van der Waals surface area (Å²) in [7, 11) is 0. The average molecular weight is 120 g/mol. The van der Waals surface area contributed by atoms with E-state index < -0.39 is 6.22 Å². The van der Waals surface area contributed by atoms with Crippen molar-refractivity contribution in [1.82, 2.24) is 0 Å². The molecule has 0 N–H and O–H groups in total.